The third-order valence-corrected chi connectivity index (χ3v) is 22.7. The van der Waals surface area contributed by atoms with Gasteiger partial charge in [-0.1, -0.05) is 72.8 Å². The molecule has 8 N–H and O–H groups in total. The van der Waals surface area contributed by atoms with Gasteiger partial charge in [0.2, 0.25) is 23.3 Å². The monoisotopic (exact) mass is 1930 g/mol. The summed E-state index contributed by atoms with van der Waals surface area (Å²) in [5.74, 6) is -7.81. The van der Waals surface area contributed by atoms with E-state index < -0.39 is 46.5 Å². The van der Waals surface area contributed by atoms with E-state index in [0.29, 0.717) is 53.7 Å². The molecule has 0 aliphatic carbocycles. The van der Waals surface area contributed by atoms with Crippen molar-refractivity contribution in [1.29, 1.82) is 0 Å². The average Bonchev–Trinajstić information content (AvgIpc) is 1.57. The van der Waals surface area contributed by atoms with Crippen molar-refractivity contribution in [2.45, 2.75) is 25.7 Å². The van der Waals surface area contributed by atoms with Crippen LogP contribution in [0.2, 0.25) is 0 Å². The fourth-order valence-electron chi connectivity index (χ4n) is 14.2. The molecule has 17 aromatic rings. The number of nitrogens with two attached hydrogens (primary N) is 4. The van der Waals surface area contributed by atoms with Crippen LogP contribution in [0.4, 0.5) is 64.1 Å². The smallest absolute Gasteiger partial charge is 0.202 e. The minimum atomic E-state index is -1.14. The molecule has 34 nitrogen and oxygen atoms in total. The maximum atomic E-state index is 15.1. The largest absolute Gasteiger partial charge is 0.497 e. The Bertz CT molecular complexity index is 7080. The van der Waals surface area contributed by atoms with Crippen LogP contribution in [0, 0.1) is 46.5 Å². The van der Waals surface area contributed by atoms with E-state index in [2.05, 4.69) is 88.1 Å². The topological polar surface area (TPSA) is 392 Å². The second-order valence-corrected chi connectivity index (χ2v) is 33.9. The predicted octanol–water partition coefficient (Wildman–Crippen LogP) is 15.6. The summed E-state index contributed by atoms with van der Waals surface area (Å²) in [6, 6.07) is 52.9. The molecule has 0 fully saturated rings. The molecular weight excluding hydrogens is 1840 g/mol. The number of rotatable bonds is 34. The van der Waals surface area contributed by atoms with E-state index in [4.69, 9.17) is 46.6 Å². The highest BCUT2D eigenvalue weighted by molar-refractivity contribution is 7.22. The second kappa shape index (κ2) is 46.1. The molecule has 0 aliphatic heterocycles. The molecule has 724 valence electrons. The molecule has 140 heavy (non-hydrogen) atoms. The predicted molar refractivity (Wildman–Crippen MR) is 520 cm³/mol. The van der Waals surface area contributed by atoms with Gasteiger partial charge < -0.3 is 71.1 Å². The molecule has 17 rings (SSSR count). The van der Waals surface area contributed by atoms with E-state index in [1.54, 1.807) is 67.5 Å². The molecule has 0 saturated carbocycles. The molecule has 8 aromatic carbocycles. The Morgan fingerprint density at radius 3 is 0.964 bits per heavy atom. The zero-order valence-electron chi connectivity index (χ0n) is 78.1. The molecule has 0 amide bonds. The number of hydrogen-bond acceptors (Lipinski definition) is 31. The number of hydrogen-bond donors (Lipinski definition) is 4. The molecule has 9 aromatic heterocycles. The lowest BCUT2D eigenvalue weighted by Gasteiger charge is -2.14. The van der Waals surface area contributed by atoms with Gasteiger partial charge in [-0.2, -0.15) is 36.3 Å². The van der Waals surface area contributed by atoms with Gasteiger partial charge in [0.15, 0.2) is 69.6 Å². The standard InChI is InChI=1S/C25H28F2N8O.C25H23F2N7OS.C24H25F2N7O2.C23H23F2N7O/c1-33(2)11-6-12-36-21-10-9-20(22(26)23(21)27)35-25(30-31-32-35)19-14-17(15-29-24(19)28)16-7-5-8-18(13-16)34(3)4;1-33(2)10-5-11-35-19-9-8-18(22(26)23(19)27)34-25(30-31-32-34)17-12-16(14-29-24(17)28)21-13-15-6-3-4-7-20(15)36-21;1-32(2)11-4-12-35-20-10-9-19(21(25)22(20)26)33-24(29-30-31-33)18-13-16(14-28-23(18)27)15-5-7-17(34-3)8-6-15;1-31(2)11-6-12-33-19-10-9-18(20(24)21(19)25)32-23(28-29-30-32)17-13-16(14-27-22(17)26)15-7-4-3-5-8-15/h5,7-10,13-15H,6,11-12H2,1-4H3,(H2,28,29);3-4,6-9,12-14H,5,10-11H2,1-2H3,(H2,28,29);5-10,13-14H,4,11-12H2,1-3H3,(H2,27,28);3-5,7-10,13-14H,6,11-12H2,1-2H3,(H2,26,27). The number of tetrazole rings is 4. The quantitative estimate of drug-likeness (QED) is 0.0215. The summed E-state index contributed by atoms with van der Waals surface area (Å²) >= 11 is 1.61. The number of ether oxygens (including phenoxy) is 5. The van der Waals surface area contributed by atoms with E-state index in [-0.39, 0.29) is 119 Å². The molecule has 0 saturated heterocycles. The summed E-state index contributed by atoms with van der Waals surface area (Å²) in [5, 5.41) is 47.3. The molecule has 43 heteroatoms. The van der Waals surface area contributed by atoms with Crippen LogP contribution >= 0.6 is 11.3 Å². The summed E-state index contributed by atoms with van der Waals surface area (Å²) in [6.45, 7) is 4.11. The Balaban J connectivity index is 0.000000149. The highest BCUT2D eigenvalue weighted by atomic mass is 32.1. The number of aromatic nitrogens is 20. The van der Waals surface area contributed by atoms with Crippen LogP contribution in [0.1, 0.15) is 25.7 Å². The molecule has 9 heterocycles. The van der Waals surface area contributed by atoms with Gasteiger partial charge in [0, 0.05) is 103 Å². The Morgan fingerprint density at radius 1 is 0.314 bits per heavy atom. The van der Waals surface area contributed by atoms with E-state index in [1.807, 2.05) is 198 Å². The number of methoxy groups -OCH3 is 1. The highest BCUT2D eigenvalue weighted by Gasteiger charge is 2.29. The normalized spacial score (nSPS) is 11.2. The number of thiophene rings is 1. The maximum Gasteiger partial charge on any atom is 0.202 e. The number of halogens is 8. The lowest BCUT2D eigenvalue weighted by Crippen LogP contribution is -2.16. The molecule has 0 unspecified atom stereocenters. The summed E-state index contributed by atoms with van der Waals surface area (Å²) < 4.78 is 152. The summed E-state index contributed by atoms with van der Waals surface area (Å²) in [5.41, 5.74) is 32.1. The van der Waals surface area contributed by atoms with Gasteiger partial charge in [0.1, 0.15) is 51.8 Å². The first-order valence-electron chi connectivity index (χ1n) is 43.7. The van der Waals surface area contributed by atoms with E-state index in [1.165, 1.54) is 48.5 Å². The van der Waals surface area contributed by atoms with Crippen molar-refractivity contribution < 1.29 is 58.8 Å². The summed E-state index contributed by atoms with van der Waals surface area (Å²) in [4.78, 5) is 28.0. The third-order valence-electron chi connectivity index (χ3n) is 21.5. The second-order valence-electron chi connectivity index (χ2n) is 32.8. The van der Waals surface area contributed by atoms with Gasteiger partial charge in [-0.15, -0.1) is 31.7 Å². The van der Waals surface area contributed by atoms with E-state index >= 15 is 13.2 Å². The number of benzene rings is 8. The van der Waals surface area contributed by atoms with Crippen LogP contribution in [-0.2, 0) is 0 Å². The first kappa shape index (κ1) is 99.8. The van der Waals surface area contributed by atoms with Crippen LogP contribution in [0.15, 0.2) is 207 Å². The zero-order valence-corrected chi connectivity index (χ0v) is 78.9. The van der Waals surface area contributed by atoms with E-state index in [0.717, 1.165) is 105 Å². The van der Waals surface area contributed by atoms with Crippen molar-refractivity contribution in [3.8, 4) is 141 Å². The molecule has 0 aliphatic rings. The van der Waals surface area contributed by atoms with Gasteiger partial charge in [0.05, 0.1) is 55.8 Å². The van der Waals surface area contributed by atoms with Crippen molar-refractivity contribution in [1.82, 2.24) is 120 Å². The van der Waals surface area contributed by atoms with Crippen LogP contribution in [0.3, 0.4) is 0 Å². The Morgan fingerprint density at radius 2 is 0.629 bits per heavy atom. The lowest BCUT2D eigenvalue weighted by molar-refractivity contribution is 0.267. The maximum absolute atomic E-state index is 15.1. The highest BCUT2D eigenvalue weighted by Crippen LogP contribution is 2.41. The number of nitrogens with zero attached hydrogens (tertiary/aromatic N) is 25. The number of fused-ring (bicyclic) bond motifs is 1. The first-order valence-corrected chi connectivity index (χ1v) is 44.5. The van der Waals surface area contributed by atoms with Crippen molar-refractivity contribution in [3.63, 3.8) is 0 Å². The fourth-order valence-corrected chi connectivity index (χ4v) is 15.3. The summed E-state index contributed by atoms with van der Waals surface area (Å²) in [7, 11) is 20.9. The van der Waals surface area contributed by atoms with Crippen LogP contribution in [-0.4, -0.2) is 251 Å². The fraction of sp³-hybridized carbons (Fsp3) is 0.237. The Hall–Kier alpha value is -16.1. The SMILES string of the molecule is CN(C)CCCOc1ccc(-n2nnnc2-c2cc(-c3cc4ccccc4s3)cnc2N)c(F)c1F.CN(C)CCCOc1ccc(-n2nnnc2-c2cc(-c3cccc(N(C)C)c3)cnc2N)c(F)c1F.CN(C)CCCOc1ccc(-n2nnnc2-c2cc(-c3ccccc3)cnc2N)c(F)c1F.COc1ccc(-c2cnc(N)c(-c3nnnn3-c3ccc(OCCCN(C)C)c(F)c3F)c2)cc1. The van der Waals surface area contributed by atoms with Crippen molar-refractivity contribution in [2.75, 3.05) is 158 Å². The average molecular weight is 1940 g/mol. The van der Waals surface area contributed by atoms with Gasteiger partial charge in [-0.3, -0.25) is 0 Å². The van der Waals surface area contributed by atoms with Gasteiger partial charge in [-0.25, -0.2) is 37.5 Å². The zero-order chi connectivity index (χ0) is 99.4. The minimum Gasteiger partial charge on any atom is -0.497 e. The van der Waals surface area contributed by atoms with Crippen molar-refractivity contribution >= 4 is 50.4 Å². The molecule has 0 radical (unpaired) electrons. The van der Waals surface area contributed by atoms with Crippen LogP contribution in [0.5, 0.6) is 28.7 Å². The van der Waals surface area contributed by atoms with Crippen molar-refractivity contribution in [2.24, 2.45) is 0 Å². The van der Waals surface area contributed by atoms with Crippen LogP contribution < -0.4 is 51.5 Å². The van der Waals surface area contributed by atoms with Crippen LogP contribution in [0.25, 0.3) is 122 Å². The summed E-state index contributed by atoms with van der Waals surface area (Å²) in [6.07, 6.45) is 9.25. The first-order chi connectivity index (χ1) is 67.5. The van der Waals surface area contributed by atoms with Gasteiger partial charge in [-0.05, 0) is 255 Å². The number of anilines is 5. The molecule has 0 bridgehead atoms. The minimum absolute atomic E-state index is 0.114. The molecule has 0 spiro atoms. The lowest BCUT2D eigenvalue weighted by atomic mass is 10.0. The van der Waals surface area contributed by atoms with E-state index in [9.17, 15) is 22.0 Å². The Kier molecular flexibility index (Phi) is 32.9. The molecule has 0 atom stereocenters. The van der Waals surface area contributed by atoms with Crippen molar-refractivity contribution in [3.05, 3.63) is 253 Å². The van der Waals surface area contributed by atoms with Gasteiger partial charge in [0.25, 0.3) is 0 Å². The third kappa shape index (κ3) is 23.9. The number of pyridine rings is 4. The Labute approximate surface area is 803 Å². The van der Waals surface area contributed by atoms with Gasteiger partial charge >= 0.3 is 0 Å². The number of nitrogen functional groups attached to an aromatic ring is 4. The molecular formula is C97H99F8N29O5S.